The molecule has 5 aromatic rings. The van der Waals surface area contributed by atoms with Crippen LogP contribution in [0.3, 0.4) is 0 Å². The normalized spacial score (nSPS) is 15.5. The number of allylic oxidation sites excluding steroid dienone is 1. The van der Waals surface area contributed by atoms with Gasteiger partial charge in [-0.05, 0) is 71.7 Å². The molecule has 2 aliphatic heterocycles. The number of hydrogen-bond donors (Lipinski definition) is 0. The summed E-state index contributed by atoms with van der Waals surface area (Å²) in [4.78, 5) is 32.4. The van der Waals surface area contributed by atoms with Crippen LogP contribution in [0.15, 0.2) is 99.9 Å². The first-order valence-electron chi connectivity index (χ1n) is 14.8. The van der Waals surface area contributed by atoms with Crippen LogP contribution in [0, 0.1) is 0 Å². The monoisotopic (exact) mass is 634 g/mol. The summed E-state index contributed by atoms with van der Waals surface area (Å²) in [5.74, 6) is 1.76. The Balaban J connectivity index is 1.25. The summed E-state index contributed by atoms with van der Waals surface area (Å²) >= 11 is 1.25. The summed E-state index contributed by atoms with van der Waals surface area (Å²) in [5.41, 5.74) is 3.01. The molecule has 0 amide bonds. The lowest BCUT2D eigenvalue weighted by Crippen LogP contribution is -2.39. The van der Waals surface area contributed by atoms with E-state index in [1.54, 1.807) is 43.7 Å². The van der Waals surface area contributed by atoms with Crippen molar-refractivity contribution in [3.63, 3.8) is 0 Å². The van der Waals surface area contributed by atoms with Crippen molar-refractivity contribution in [3.8, 4) is 23.0 Å². The number of nitrogens with zero attached hydrogens (tertiary/aromatic N) is 2. The van der Waals surface area contributed by atoms with E-state index in [0.29, 0.717) is 55.8 Å². The van der Waals surface area contributed by atoms with Crippen LogP contribution in [0.1, 0.15) is 36.6 Å². The summed E-state index contributed by atoms with van der Waals surface area (Å²) < 4.78 is 30.4. The van der Waals surface area contributed by atoms with Crippen LogP contribution < -0.4 is 33.8 Å². The molecule has 0 aliphatic carbocycles. The molecule has 0 radical (unpaired) electrons. The minimum atomic E-state index is -0.758. The molecular formula is C36H30N2O7S. The molecule has 232 valence electrons. The smallest absolute Gasteiger partial charge is 0.338 e. The molecule has 0 saturated heterocycles. The zero-order chi connectivity index (χ0) is 31.8. The lowest BCUT2D eigenvalue weighted by atomic mass is 9.95. The van der Waals surface area contributed by atoms with E-state index in [1.807, 2.05) is 42.5 Å². The molecule has 0 saturated carbocycles. The predicted molar refractivity (Wildman–Crippen MR) is 174 cm³/mol. The van der Waals surface area contributed by atoms with Crippen LogP contribution in [0.5, 0.6) is 23.0 Å². The van der Waals surface area contributed by atoms with Crippen molar-refractivity contribution in [3.05, 3.63) is 127 Å². The molecule has 9 nitrogen and oxygen atoms in total. The summed E-state index contributed by atoms with van der Waals surface area (Å²) in [6, 6.07) is 24.5. The fourth-order valence-electron chi connectivity index (χ4n) is 5.81. The van der Waals surface area contributed by atoms with Crippen molar-refractivity contribution in [1.29, 1.82) is 0 Å². The SMILES string of the molecule is CCOC(=O)C1=C(C)N=c2s/c(=C\c3ccc(OCc4cccc5ccccc45)c(OC)c3)c(=O)n2C1c1ccc2c(c1)OCO2. The van der Waals surface area contributed by atoms with Gasteiger partial charge in [0, 0.05) is 0 Å². The van der Waals surface area contributed by atoms with Gasteiger partial charge in [-0.2, -0.15) is 0 Å². The molecule has 2 aliphatic rings. The molecule has 1 unspecified atom stereocenters. The van der Waals surface area contributed by atoms with Gasteiger partial charge in [-0.25, -0.2) is 9.79 Å². The number of aromatic nitrogens is 1. The maximum atomic E-state index is 14.1. The van der Waals surface area contributed by atoms with Crippen LogP contribution in [-0.4, -0.2) is 31.0 Å². The number of benzene rings is 4. The predicted octanol–water partition coefficient (Wildman–Crippen LogP) is 5.27. The molecule has 3 heterocycles. The summed E-state index contributed by atoms with van der Waals surface area (Å²) in [7, 11) is 1.59. The van der Waals surface area contributed by atoms with Gasteiger partial charge in [0.2, 0.25) is 6.79 Å². The minimum Gasteiger partial charge on any atom is -0.493 e. The van der Waals surface area contributed by atoms with Crippen molar-refractivity contribution in [1.82, 2.24) is 4.57 Å². The van der Waals surface area contributed by atoms with Gasteiger partial charge in [0.25, 0.3) is 5.56 Å². The number of fused-ring (bicyclic) bond motifs is 3. The van der Waals surface area contributed by atoms with Crippen LogP contribution in [0.4, 0.5) is 0 Å². The second-order valence-electron chi connectivity index (χ2n) is 10.8. The van der Waals surface area contributed by atoms with E-state index in [1.165, 1.54) is 11.3 Å². The quantitative estimate of drug-likeness (QED) is 0.215. The Morgan fingerprint density at radius 1 is 1.02 bits per heavy atom. The van der Waals surface area contributed by atoms with E-state index in [4.69, 9.17) is 23.7 Å². The summed E-state index contributed by atoms with van der Waals surface area (Å²) in [6.45, 7) is 4.17. The number of ether oxygens (including phenoxy) is 5. The fraction of sp³-hybridized carbons (Fsp3) is 0.194. The highest BCUT2D eigenvalue weighted by Gasteiger charge is 2.34. The fourth-order valence-corrected chi connectivity index (χ4v) is 6.86. The van der Waals surface area contributed by atoms with Gasteiger partial charge in [-0.3, -0.25) is 9.36 Å². The third-order valence-corrected chi connectivity index (χ3v) is 8.96. The molecule has 0 N–H and O–H groups in total. The van der Waals surface area contributed by atoms with Gasteiger partial charge in [-0.1, -0.05) is 65.9 Å². The van der Waals surface area contributed by atoms with E-state index in [2.05, 4.69) is 29.3 Å². The highest BCUT2D eigenvalue weighted by Crippen LogP contribution is 2.38. The van der Waals surface area contributed by atoms with Crippen molar-refractivity contribution >= 4 is 34.2 Å². The van der Waals surface area contributed by atoms with Crippen LogP contribution in [0.2, 0.25) is 0 Å². The summed E-state index contributed by atoms with van der Waals surface area (Å²) in [5, 5.41) is 2.29. The molecule has 4 aromatic carbocycles. The van der Waals surface area contributed by atoms with E-state index < -0.39 is 12.0 Å². The maximum absolute atomic E-state index is 14.1. The Hall–Kier alpha value is -5.35. The minimum absolute atomic E-state index is 0.109. The molecule has 10 heteroatoms. The van der Waals surface area contributed by atoms with Crippen LogP contribution in [0.25, 0.3) is 16.8 Å². The van der Waals surface area contributed by atoms with Gasteiger partial charge < -0.3 is 23.7 Å². The Labute approximate surface area is 268 Å². The van der Waals surface area contributed by atoms with Gasteiger partial charge in [0.15, 0.2) is 27.8 Å². The zero-order valence-corrected chi connectivity index (χ0v) is 26.3. The topological polar surface area (TPSA) is 97.6 Å². The first-order valence-corrected chi connectivity index (χ1v) is 15.6. The lowest BCUT2D eigenvalue weighted by Gasteiger charge is -2.24. The molecule has 0 spiro atoms. The number of rotatable bonds is 8. The van der Waals surface area contributed by atoms with Crippen LogP contribution in [-0.2, 0) is 16.1 Å². The lowest BCUT2D eigenvalue weighted by molar-refractivity contribution is -0.139. The number of hydrogen-bond acceptors (Lipinski definition) is 9. The number of carbonyl (C=O) groups excluding carboxylic acids is 1. The number of esters is 1. The highest BCUT2D eigenvalue weighted by atomic mass is 32.1. The maximum Gasteiger partial charge on any atom is 0.338 e. The number of thiazole rings is 1. The number of carbonyl (C=O) groups is 1. The molecule has 0 fully saturated rings. The Morgan fingerprint density at radius 3 is 2.70 bits per heavy atom. The van der Waals surface area contributed by atoms with Gasteiger partial charge in [0.05, 0.1) is 35.6 Å². The molecular weight excluding hydrogens is 604 g/mol. The van der Waals surface area contributed by atoms with E-state index in [0.717, 1.165) is 21.9 Å². The largest absolute Gasteiger partial charge is 0.493 e. The first kappa shape index (κ1) is 29.4. The van der Waals surface area contributed by atoms with Gasteiger partial charge in [-0.15, -0.1) is 0 Å². The Kier molecular flexibility index (Phi) is 7.79. The van der Waals surface area contributed by atoms with Crippen LogP contribution >= 0.6 is 11.3 Å². The second-order valence-corrected chi connectivity index (χ2v) is 11.8. The van der Waals surface area contributed by atoms with Crippen molar-refractivity contribution in [2.45, 2.75) is 26.5 Å². The van der Waals surface area contributed by atoms with Crippen molar-refractivity contribution in [2.24, 2.45) is 4.99 Å². The van der Waals surface area contributed by atoms with E-state index >= 15 is 0 Å². The highest BCUT2D eigenvalue weighted by molar-refractivity contribution is 7.07. The Bertz CT molecular complexity index is 2210. The molecule has 46 heavy (non-hydrogen) atoms. The standard InChI is InChI=1S/C36H30N2O7S/c1-4-42-35(40)32-21(2)37-36-38(33(32)24-13-15-28-30(18-24)45-20-44-28)34(39)31(46-36)17-22-12-14-27(29(16-22)41-3)43-19-25-10-7-9-23-8-5-6-11-26(23)25/h5-18,33H,4,19-20H2,1-3H3/b31-17-. The van der Waals surface area contributed by atoms with Crippen molar-refractivity contribution < 1.29 is 28.5 Å². The van der Waals surface area contributed by atoms with E-state index in [9.17, 15) is 9.59 Å². The average molecular weight is 635 g/mol. The third kappa shape index (κ3) is 5.30. The van der Waals surface area contributed by atoms with Crippen molar-refractivity contribution in [2.75, 3.05) is 20.5 Å². The summed E-state index contributed by atoms with van der Waals surface area (Å²) in [6.07, 6.45) is 1.79. The molecule has 7 rings (SSSR count). The average Bonchev–Trinajstić information content (AvgIpc) is 3.66. The number of methoxy groups -OCH3 is 1. The first-order chi connectivity index (χ1) is 22.4. The van der Waals surface area contributed by atoms with Gasteiger partial charge in [0.1, 0.15) is 6.61 Å². The molecule has 1 aromatic heterocycles. The third-order valence-electron chi connectivity index (χ3n) is 7.98. The Morgan fingerprint density at radius 2 is 1.85 bits per heavy atom. The molecule has 0 bridgehead atoms. The van der Waals surface area contributed by atoms with E-state index in [-0.39, 0.29) is 19.0 Å². The molecule has 1 atom stereocenters. The zero-order valence-electron chi connectivity index (χ0n) is 25.4. The van der Waals surface area contributed by atoms with Gasteiger partial charge >= 0.3 is 5.97 Å². The second kappa shape index (κ2) is 12.2.